The van der Waals surface area contributed by atoms with Crippen molar-refractivity contribution in [3.63, 3.8) is 0 Å². The van der Waals surface area contributed by atoms with Crippen LogP contribution in [0.15, 0.2) is 11.3 Å². The molecule has 2 aliphatic heterocycles. The predicted molar refractivity (Wildman–Crippen MR) is 106 cm³/mol. The van der Waals surface area contributed by atoms with Crippen LogP contribution in [-0.2, 0) is 19.1 Å². The van der Waals surface area contributed by atoms with Crippen LogP contribution < -0.4 is 5.32 Å². The molecule has 1 N–H and O–H groups in total. The fraction of sp³-hybridized carbons (Fsp3) is 0.615. The third kappa shape index (κ3) is 6.26. The smallest absolute Gasteiger partial charge is 0.408 e. The summed E-state index contributed by atoms with van der Waals surface area (Å²) in [5.74, 6) is -0.874. The van der Waals surface area contributed by atoms with E-state index >= 15 is 0 Å². The Kier molecular flexibility index (Phi) is 7.61. The molecule has 0 spiro atoms. The summed E-state index contributed by atoms with van der Waals surface area (Å²) < 4.78 is 6.15. The normalized spacial score (nSPS) is 22.8. The Morgan fingerprint density at radius 1 is 1.15 bits per heavy atom. The highest BCUT2D eigenvalue weighted by Crippen LogP contribution is 2.40. The number of nitrogens with zero attached hydrogens (tertiary/aromatic N) is 1. The topological polar surface area (TPSA) is 84.9 Å². The first-order valence-corrected chi connectivity index (χ1v) is 10.5. The molecule has 0 bridgehead atoms. The minimum atomic E-state index is -1.78. The molecule has 0 radical (unpaired) electrons. The number of rotatable bonds is 4. The molecule has 1 saturated heterocycles. The van der Waals surface area contributed by atoms with E-state index in [1.54, 1.807) is 6.92 Å². The van der Waals surface area contributed by atoms with E-state index < -0.39 is 50.2 Å². The van der Waals surface area contributed by atoms with Crippen molar-refractivity contribution in [2.45, 2.75) is 25.9 Å². The second kappa shape index (κ2) is 8.81. The summed E-state index contributed by atoms with van der Waals surface area (Å²) in [4.78, 5) is 37.8. The van der Waals surface area contributed by atoms with Crippen molar-refractivity contribution in [2.24, 2.45) is 0 Å². The molecule has 0 saturated carbocycles. The highest BCUT2D eigenvalue weighted by Gasteiger charge is 2.54. The van der Waals surface area contributed by atoms with E-state index in [1.807, 2.05) is 0 Å². The number of β-lactam (4-membered cyclic amide) rings is 1. The van der Waals surface area contributed by atoms with Crippen LogP contribution in [0.1, 0.15) is 6.92 Å². The molecule has 152 valence electrons. The van der Waals surface area contributed by atoms with Crippen LogP contribution in [-0.4, -0.2) is 60.8 Å². The standard InChI is InChI=1S/C13H12Cl6N2O5S/c1-5-2-27-9-6(20-11(24)26-4-13(17,18)19)8(22)21(9)7(5)10(23)25-3-12(14,15)16/h6,9H,2-4H2,1H3,(H,20,24)/t6-,9+/m1/s1. The van der Waals surface area contributed by atoms with E-state index in [1.165, 1.54) is 16.7 Å². The summed E-state index contributed by atoms with van der Waals surface area (Å²) in [6.07, 6.45) is -0.925. The van der Waals surface area contributed by atoms with Gasteiger partial charge in [0.2, 0.25) is 7.59 Å². The lowest BCUT2D eigenvalue weighted by atomic mass is 10.0. The number of hydrogen-bond acceptors (Lipinski definition) is 6. The number of alkyl halides is 6. The molecule has 14 heteroatoms. The van der Waals surface area contributed by atoms with Crippen molar-refractivity contribution in [1.82, 2.24) is 10.2 Å². The number of esters is 1. The molecular formula is C13H12Cl6N2O5S. The average Bonchev–Trinajstić information content (AvgIpc) is 2.54. The fourth-order valence-electron chi connectivity index (χ4n) is 2.29. The maximum absolute atomic E-state index is 12.4. The third-order valence-corrected chi connectivity index (χ3v) is 5.44. The van der Waals surface area contributed by atoms with Crippen molar-refractivity contribution >= 4 is 99.3 Å². The van der Waals surface area contributed by atoms with Crippen LogP contribution in [0.4, 0.5) is 4.79 Å². The summed E-state index contributed by atoms with van der Waals surface area (Å²) in [7, 11) is 0. The second-order valence-electron chi connectivity index (χ2n) is 5.54. The van der Waals surface area contributed by atoms with Gasteiger partial charge >= 0.3 is 12.1 Å². The quantitative estimate of drug-likeness (QED) is 0.347. The SMILES string of the molecule is CC1=C(C(=O)OCC(Cl)(Cl)Cl)N2C(=O)[C@@H](NC(=O)OCC(Cl)(Cl)Cl)[C@@H]2SC1. The number of ether oxygens (including phenoxy) is 2. The van der Waals surface area contributed by atoms with Gasteiger partial charge in [0.1, 0.15) is 30.3 Å². The van der Waals surface area contributed by atoms with Crippen molar-refractivity contribution in [2.75, 3.05) is 19.0 Å². The maximum Gasteiger partial charge on any atom is 0.408 e. The zero-order valence-electron chi connectivity index (χ0n) is 13.4. The van der Waals surface area contributed by atoms with Crippen molar-refractivity contribution < 1.29 is 23.9 Å². The van der Waals surface area contributed by atoms with Gasteiger partial charge in [-0.2, -0.15) is 0 Å². The van der Waals surface area contributed by atoms with Crippen LogP contribution in [0, 0.1) is 0 Å². The Morgan fingerprint density at radius 2 is 1.70 bits per heavy atom. The van der Waals surface area contributed by atoms with Gasteiger partial charge in [-0.15, -0.1) is 11.8 Å². The number of carbonyl (C=O) groups excluding carboxylic acids is 3. The van der Waals surface area contributed by atoms with Crippen LogP contribution in [0.25, 0.3) is 0 Å². The zero-order valence-corrected chi connectivity index (χ0v) is 18.8. The van der Waals surface area contributed by atoms with Gasteiger partial charge in [0.15, 0.2) is 0 Å². The molecule has 1 fully saturated rings. The van der Waals surface area contributed by atoms with Gasteiger partial charge in [-0.1, -0.05) is 69.6 Å². The molecule has 2 rings (SSSR count). The Hall–Kier alpha value is 0.0400. The fourth-order valence-corrected chi connectivity index (χ4v) is 3.91. The van der Waals surface area contributed by atoms with Crippen molar-refractivity contribution in [1.29, 1.82) is 0 Å². The van der Waals surface area contributed by atoms with Crippen molar-refractivity contribution in [3.05, 3.63) is 11.3 Å². The highest BCUT2D eigenvalue weighted by molar-refractivity contribution is 8.00. The van der Waals surface area contributed by atoms with Gasteiger partial charge in [0.05, 0.1) is 0 Å². The molecule has 2 heterocycles. The average molecular weight is 521 g/mol. The third-order valence-electron chi connectivity index (χ3n) is 3.36. The summed E-state index contributed by atoms with van der Waals surface area (Å²) in [5, 5.41) is 1.86. The molecule has 2 atom stereocenters. The Morgan fingerprint density at radius 3 is 2.26 bits per heavy atom. The minimum Gasteiger partial charge on any atom is -0.456 e. The lowest BCUT2D eigenvalue weighted by molar-refractivity contribution is -0.151. The maximum atomic E-state index is 12.4. The van der Waals surface area contributed by atoms with Gasteiger partial charge in [0.25, 0.3) is 5.91 Å². The number of amides is 2. The van der Waals surface area contributed by atoms with Crippen LogP contribution in [0.5, 0.6) is 0 Å². The number of thioether (sulfide) groups is 1. The first-order valence-electron chi connectivity index (χ1n) is 7.18. The van der Waals surface area contributed by atoms with E-state index in [-0.39, 0.29) is 5.70 Å². The summed E-state index contributed by atoms with van der Waals surface area (Å²) >= 11 is 34.5. The summed E-state index contributed by atoms with van der Waals surface area (Å²) in [6.45, 7) is 0.718. The van der Waals surface area contributed by atoms with Gasteiger partial charge < -0.3 is 14.8 Å². The second-order valence-corrected chi connectivity index (χ2v) is 11.7. The Bertz CT molecular complexity index is 677. The van der Waals surface area contributed by atoms with Gasteiger partial charge in [-0.05, 0) is 12.5 Å². The molecule has 0 unspecified atom stereocenters. The predicted octanol–water partition coefficient (Wildman–Crippen LogP) is 3.55. The van der Waals surface area contributed by atoms with Crippen LogP contribution in [0.2, 0.25) is 0 Å². The number of alkyl carbamates (subject to hydrolysis) is 1. The van der Waals surface area contributed by atoms with Crippen LogP contribution in [0.3, 0.4) is 0 Å². The molecule has 0 aliphatic carbocycles. The van der Waals surface area contributed by atoms with Gasteiger partial charge in [-0.3, -0.25) is 9.69 Å². The Balaban J connectivity index is 2.01. The first-order chi connectivity index (χ1) is 12.3. The van der Waals surface area contributed by atoms with Crippen molar-refractivity contribution in [3.8, 4) is 0 Å². The molecule has 2 aliphatic rings. The minimum absolute atomic E-state index is 0.0608. The number of fused-ring (bicyclic) bond motifs is 1. The van der Waals surface area contributed by atoms with E-state index in [9.17, 15) is 14.4 Å². The molecule has 27 heavy (non-hydrogen) atoms. The Labute approximate surface area is 188 Å². The van der Waals surface area contributed by atoms with E-state index in [0.717, 1.165) is 0 Å². The number of hydrogen-bond donors (Lipinski definition) is 1. The molecule has 7 nitrogen and oxygen atoms in total. The number of nitrogens with one attached hydrogen (secondary N) is 1. The molecular weight excluding hydrogens is 509 g/mol. The summed E-state index contributed by atoms with van der Waals surface area (Å²) in [5.41, 5.74) is 0.682. The molecule has 2 amide bonds. The van der Waals surface area contributed by atoms with E-state index in [2.05, 4.69) is 5.32 Å². The molecule has 0 aromatic carbocycles. The van der Waals surface area contributed by atoms with Gasteiger partial charge in [-0.25, -0.2) is 9.59 Å². The zero-order chi connectivity index (χ0) is 20.6. The summed E-state index contributed by atoms with van der Waals surface area (Å²) in [6, 6.07) is -0.901. The monoisotopic (exact) mass is 518 g/mol. The van der Waals surface area contributed by atoms with Gasteiger partial charge in [0, 0.05) is 5.75 Å². The number of carbonyl (C=O) groups is 3. The van der Waals surface area contributed by atoms with Crippen LogP contribution >= 0.6 is 81.4 Å². The highest BCUT2D eigenvalue weighted by atomic mass is 35.6. The van der Waals surface area contributed by atoms with E-state index in [0.29, 0.717) is 11.3 Å². The largest absolute Gasteiger partial charge is 0.456 e. The lowest BCUT2D eigenvalue weighted by Gasteiger charge is -2.49. The molecule has 0 aromatic heterocycles. The first kappa shape index (κ1) is 23.3. The van der Waals surface area contributed by atoms with E-state index in [4.69, 9.17) is 79.1 Å². The lowest BCUT2D eigenvalue weighted by Crippen LogP contribution is -2.70. The number of halogens is 6. The molecule has 0 aromatic rings.